The zero-order valence-electron chi connectivity index (χ0n) is 18.4. The molecule has 2 N–H and O–H groups in total. The molecule has 4 heteroatoms. The van der Waals surface area contributed by atoms with Crippen molar-refractivity contribution in [1.82, 2.24) is 5.32 Å². The lowest BCUT2D eigenvalue weighted by atomic mass is 10.1. The third kappa shape index (κ3) is 20.4. The van der Waals surface area contributed by atoms with Crippen LogP contribution in [0.5, 0.6) is 0 Å². The predicted molar refractivity (Wildman–Crippen MR) is 123 cm³/mol. The summed E-state index contributed by atoms with van der Waals surface area (Å²) in [5, 5.41) is 11.2. The number of unbranched alkanes of at least 4 members (excludes halogenated alkanes) is 6. The Labute approximate surface area is 177 Å². The van der Waals surface area contributed by atoms with Crippen molar-refractivity contribution in [2.45, 2.75) is 96.9 Å². The zero-order valence-corrected chi connectivity index (χ0v) is 18.4. The molecule has 0 saturated heterocycles. The summed E-state index contributed by atoms with van der Waals surface area (Å²) in [6, 6.07) is -0.814. The largest absolute Gasteiger partial charge is 0.480 e. The molecule has 1 unspecified atom stereocenters. The summed E-state index contributed by atoms with van der Waals surface area (Å²) in [6.45, 7) is 3.71. The van der Waals surface area contributed by atoms with E-state index in [1.807, 2.05) is 0 Å². The summed E-state index contributed by atoms with van der Waals surface area (Å²) < 4.78 is 0. The number of nitrogens with one attached hydrogen (secondary N) is 1. The lowest BCUT2D eigenvalue weighted by Gasteiger charge is -2.08. The highest BCUT2D eigenvalue weighted by molar-refractivity contribution is 5.83. The van der Waals surface area contributed by atoms with Gasteiger partial charge in [-0.1, -0.05) is 74.8 Å². The molecule has 1 atom stereocenters. The van der Waals surface area contributed by atoms with E-state index in [9.17, 15) is 9.59 Å². The summed E-state index contributed by atoms with van der Waals surface area (Å²) in [4.78, 5) is 22.2. The van der Waals surface area contributed by atoms with Crippen molar-refractivity contribution < 1.29 is 14.7 Å². The maximum Gasteiger partial charge on any atom is 0.325 e. The Hall–Kier alpha value is -2.10. The average Bonchev–Trinajstić information content (AvgIpc) is 2.69. The van der Waals surface area contributed by atoms with Crippen molar-refractivity contribution in [1.29, 1.82) is 0 Å². The fourth-order valence-electron chi connectivity index (χ4n) is 2.66. The summed E-state index contributed by atoms with van der Waals surface area (Å²) in [5.74, 6) is -1.18. The minimum Gasteiger partial charge on any atom is -0.480 e. The van der Waals surface area contributed by atoms with E-state index in [1.165, 1.54) is 32.6 Å². The van der Waals surface area contributed by atoms with Crippen LogP contribution in [0.15, 0.2) is 48.6 Å². The molecule has 0 fully saturated rings. The number of aliphatic carboxylic acids is 1. The lowest BCUT2D eigenvalue weighted by Crippen LogP contribution is -2.38. The number of carbonyl (C=O) groups is 2. The third-order valence-corrected chi connectivity index (χ3v) is 4.48. The van der Waals surface area contributed by atoms with Crippen LogP contribution < -0.4 is 5.32 Å². The number of carbonyl (C=O) groups excluding carboxylic acids is 1. The van der Waals surface area contributed by atoms with E-state index in [4.69, 9.17) is 5.11 Å². The van der Waals surface area contributed by atoms with Crippen LogP contribution >= 0.6 is 0 Å². The van der Waals surface area contributed by atoms with Crippen molar-refractivity contribution in [3.05, 3.63) is 48.6 Å². The molecule has 0 aliphatic rings. The van der Waals surface area contributed by atoms with E-state index in [1.54, 1.807) is 0 Å². The summed E-state index contributed by atoms with van der Waals surface area (Å²) >= 11 is 0. The van der Waals surface area contributed by atoms with Gasteiger partial charge in [-0.15, -0.1) is 0 Å². The molecule has 0 spiro atoms. The third-order valence-electron chi connectivity index (χ3n) is 4.48. The normalized spacial score (nSPS) is 13.2. The number of hydrogen-bond donors (Lipinski definition) is 2. The van der Waals surface area contributed by atoms with Crippen LogP contribution in [0.3, 0.4) is 0 Å². The molecular formula is C25H41NO3. The lowest BCUT2D eigenvalue weighted by molar-refractivity contribution is -0.141. The predicted octanol–water partition coefficient (Wildman–Crippen LogP) is 6.50. The van der Waals surface area contributed by atoms with E-state index in [-0.39, 0.29) is 5.91 Å². The molecular weight excluding hydrogens is 362 g/mol. The van der Waals surface area contributed by atoms with Gasteiger partial charge in [0.05, 0.1) is 0 Å². The number of allylic oxidation sites excluding steroid dienone is 8. The second-order valence-electron chi connectivity index (χ2n) is 7.32. The molecule has 29 heavy (non-hydrogen) atoms. The SMILES string of the molecule is CCCCC/C=C\C/C=C\C/C=C\C/C=C\CCCCCC(=O)NC(C)C(=O)O. The maximum atomic E-state index is 11.5. The molecule has 0 aromatic heterocycles. The monoisotopic (exact) mass is 403 g/mol. The van der Waals surface area contributed by atoms with Crippen LogP contribution in [0.2, 0.25) is 0 Å². The highest BCUT2D eigenvalue weighted by Gasteiger charge is 2.12. The molecule has 4 nitrogen and oxygen atoms in total. The number of rotatable bonds is 18. The van der Waals surface area contributed by atoms with E-state index < -0.39 is 12.0 Å². The minimum atomic E-state index is -1.00. The van der Waals surface area contributed by atoms with Crippen LogP contribution in [0.4, 0.5) is 0 Å². The van der Waals surface area contributed by atoms with Crippen molar-refractivity contribution in [2.75, 3.05) is 0 Å². The molecule has 0 bridgehead atoms. The minimum absolute atomic E-state index is 0.183. The highest BCUT2D eigenvalue weighted by atomic mass is 16.4. The summed E-state index contributed by atoms with van der Waals surface area (Å²) in [5.41, 5.74) is 0. The molecule has 0 saturated carbocycles. The first kappa shape index (κ1) is 26.9. The number of carboxylic acids is 1. The molecule has 0 rings (SSSR count). The Kier molecular flexibility index (Phi) is 19.1. The second-order valence-corrected chi connectivity index (χ2v) is 7.32. The van der Waals surface area contributed by atoms with E-state index in [0.29, 0.717) is 6.42 Å². The van der Waals surface area contributed by atoms with Crippen molar-refractivity contribution in [2.24, 2.45) is 0 Å². The number of hydrogen-bond acceptors (Lipinski definition) is 2. The molecule has 0 aromatic rings. The van der Waals surface area contributed by atoms with Gasteiger partial charge in [0.25, 0.3) is 0 Å². The van der Waals surface area contributed by atoms with E-state index >= 15 is 0 Å². The molecule has 0 heterocycles. The van der Waals surface area contributed by atoms with Crippen LogP contribution in [0.25, 0.3) is 0 Å². The maximum absolute atomic E-state index is 11.5. The fraction of sp³-hybridized carbons (Fsp3) is 0.600. The van der Waals surface area contributed by atoms with Gasteiger partial charge in [0, 0.05) is 6.42 Å². The smallest absolute Gasteiger partial charge is 0.325 e. The van der Waals surface area contributed by atoms with E-state index in [0.717, 1.165) is 44.9 Å². The second kappa shape index (κ2) is 20.6. The Balaban J connectivity index is 3.50. The quantitative estimate of drug-likeness (QED) is 0.203. The Morgan fingerprint density at radius 3 is 1.72 bits per heavy atom. The van der Waals surface area contributed by atoms with Gasteiger partial charge in [-0.25, -0.2) is 0 Å². The van der Waals surface area contributed by atoms with Gasteiger partial charge in [-0.2, -0.15) is 0 Å². The van der Waals surface area contributed by atoms with E-state index in [2.05, 4.69) is 60.8 Å². The van der Waals surface area contributed by atoms with Crippen LogP contribution in [0.1, 0.15) is 90.9 Å². The van der Waals surface area contributed by atoms with Gasteiger partial charge < -0.3 is 10.4 Å². The molecule has 0 radical (unpaired) electrons. The Bertz CT molecular complexity index is 532. The highest BCUT2D eigenvalue weighted by Crippen LogP contribution is 2.05. The zero-order chi connectivity index (χ0) is 21.6. The van der Waals surface area contributed by atoms with Crippen LogP contribution in [-0.4, -0.2) is 23.0 Å². The van der Waals surface area contributed by atoms with Crippen LogP contribution in [-0.2, 0) is 9.59 Å². The molecule has 1 amide bonds. The van der Waals surface area contributed by atoms with Gasteiger partial charge >= 0.3 is 5.97 Å². The Morgan fingerprint density at radius 2 is 1.24 bits per heavy atom. The molecule has 164 valence electrons. The van der Waals surface area contributed by atoms with Gasteiger partial charge in [-0.3, -0.25) is 9.59 Å². The fourth-order valence-corrected chi connectivity index (χ4v) is 2.66. The first-order valence-electron chi connectivity index (χ1n) is 11.2. The van der Waals surface area contributed by atoms with Crippen LogP contribution in [0, 0.1) is 0 Å². The average molecular weight is 404 g/mol. The topological polar surface area (TPSA) is 66.4 Å². The molecule has 0 aliphatic carbocycles. The summed E-state index contributed by atoms with van der Waals surface area (Å²) in [6.07, 6.45) is 30.1. The summed E-state index contributed by atoms with van der Waals surface area (Å²) in [7, 11) is 0. The standard InChI is InChI=1S/C25H41NO3/c1-3-4-5-6-7-8-9-10-11-12-13-14-15-16-17-18-19-20-21-22-24(27)26-23(2)25(28)29/h7-8,10-11,13-14,16-17,23H,3-6,9,12,15,18-22H2,1-2H3,(H,26,27)(H,28,29)/b8-7-,11-10-,14-13-,17-16-. The van der Waals surface area contributed by atoms with Gasteiger partial charge in [-0.05, 0) is 58.3 Å². The van der Waals surface area contributed by atoms with Crippen molar-refractivity contribution >= 4 is 11.9 Å². The molecule has 0 aliphatic heterocycles. The molecule has 0 aromatic carbocycles. The van der Waals surface area contributed by atoms with Gasteiger partial charge in [0.2, 0.25) is 5.91 Å². The Morgan fingerprint density at radius 1 is 0.759 bits per heavy atom. The number of amides is 1. The first-order chi connectivity index (χ1) is 14.1. The van der Waals surface area contributed by atoms with Crippen molar-refractivity contribution in [3.63, 3.8) is 0 Å². The first-order valence-corrected chi connectivity index (χ1v) is 11.2. The number of carboxylic acid groups (broad SMARTS) is 1. The van der Waals surface area contributed by atoms with Gasteiger partial charge in [0.15, 0.2) is 0 Å². The van der Waals surface area contributed by atoms with Gasteiger partial charge in [0.1, 0.15) is 6.04 Å². The van der Waals surface area contributed by atoms with Crippen molar-refractivity contribution in [3.8, 4) is 0 Å².